The zero-order chi connectivity index (χ0) is 9.14. The monoisotopic (exact) mass is 170 g/mol. The third-order valence-corrected chi connectivity index (χ3v) is 2.42. The summed E-state index contributed by atoms with van der Waals surface area (Å²) in [7, 11) is 0. The van der Waals surface area contributed by atoms with Crippen LogP contribution < -0.4 is 5.73 Å². The highest BCUT2D eigenvalue weighted by Crippen LogP contribution is 2.30. The van der Waals surface area contributed by atoms with Crippen molar-refractivity contribution >= 4 is 11.9 Å². The minimum absolute atomic E-state index is 0.546. The molecule has 1 rings (SSSR count). The Bertz CT molecular complexity index is 180. The Hall–Kier alpha value is -1.06. The molecule has 1 amide bonds. The lowest BCUT2D eigenvalue weighted by atomic mass is 9.79. The van der Waals surface area contributed by atoms with E-state index in [-0.39, 0.29) is 0 Å². The molecule has 2 unspecified atom stereocenters. The molecule has 67 valence electrons. The van der Waals surface area contributed by atoms with Crippen LogP contribution in [0.4, 0.5) is 0 Å². The Labute approximate surface area is 70.7 Å². The fraction of sp³-hybridized carbons (Fsp3) is 0.750. The van der Waals surface area contributed by atoms with Crippen LogP contribution in [0.2, 0.25) is 0 Å². The number of carbonyl (C=O) groups is 2. The lowest BCUT2D eigenvalue weighted by Gasteiger charge is -2.25. The van der Waals surface area contributed by atoms with Gasteiger partial charge in [-0.05, 0) is 12.8 Å². The molecule has 0 saturated heterocycles. The summed E-state index contributed by atoms with van der Waals surface area (Å²) in [5, 5.41) is 8.72. The maximum atomic E-state index is 10.7. The molecule has 0 aliphatic heterocycles. The highest BCUT2D eigenvalue weighted by Gasteiger charge is 2.34. The third kappa shape index (κ3) is 1.75. The maximum Gasteiger partial charge on any atom is 0.307 e. The second-order valence-corrected chi connectivity index (χ2v) is 3.20. The summed E-state index contributed by atoms with van der Waals surface area (Å²) in [6, 6.07) is 0. The first-order valence-corrected chi connectivity index (χ1v) is 4.11. The van der Waals surface area contributed by atoms with Crippen LogP contribution in [0.3, 0.4) is 0 Å². The number of nitrogens with one attached hydrogen (secondary N) is 1. The molecule has 0 heterocycles. The summed E-state index contributed by atoms with van der Waals surface area (Å²) in [6.07, 6.45) is 2.85. The quantitative estimate of drug-likeness (QED) is 0.662. The van der Waals surface area contributed by atoms with Crippen LogP contribution in [0.1, 0.15) is 25.7 Å². The second-order valence-electron chi connectivity index (χ2n) is 3.20. The molecule has 2 N–H and O–H groups in total. The van der Waals surface area contributed by atoms with Crippen molar-refractivity contribution in [1.29, 1.82) is 0 Å². The SMILES string of the molecule is [NH]C(=O)C1CCCCC1C(=O)O. The fourth-order valence-corrected chi connectivity index (χ4v) is 1.74. The molecule has 2 atom stereocenters. The average molecular weight is 170 g/mol. The summed E-state index contributed by atoms with van der Waals surface area (Å²) in [5.41, 5.74) is 6.89. The van der Waals surface area contributed by atoms with Gasteiger partial charge in [0, 0.05) is 0 Å². The number of hydrogen-bond acceptors (Lipinski definition) is 2. The van der Waals surface area contributed by atoms with Crippen molar-refractivity contribution in [3.05, 3.63) is 0 Å². The Morgan fingerprint density at radius 1 is 1.17 bits per heavy atom. The van der Waals surface area contributed by atoms with Crippen molar-refractivity contribution in [2.24, 2.45) is 11.8 Å². The van der Waals surface area contributed by atoms with Gasteiger partial charge in [0.05, 0.1) is 11.8 Å². The van der Waals surface area contributed by atoms with E-state index in [0.717, 1.165) is 12.8 Å². The van der Waals surface area contributed by atoms with Crippen LogP contribution >= 0.6 is 0 Å². The third-order valence-electron chi connectivity index (χ3n) is 2.42. The van der Waals surface area contributed by atoms with Crippen molar-refractivity contribution in [2.75, 3.05) is 0 Å². The van der Waals surface area contributed by atoms with Gasteiger partial charge in [0.25, 0.3) is 0 Å². The van der Waals surface area contributed by atoms with Gasteiger partial charge in [-0.1, -0.05) is 12.8 Å². The highest BCUT2D eigenvalue weighted by molar-refractivity contribution is 5.83. The molecule has 1 saturated carbocycles. The van der Waals surface area contributed by atoms with E-state index in [4.69, 9.17) is 10.8 Å². The number of hydrogen-bond donors (Lipinski definition) is 1. The van der Waals surface area contributed by atoms with Gasteiger partial charge in [0.15, 0.2) is 0 Å². The van der Waals surface area contributed by atoms with Gasteiger partial charge in [-0.3, -0.25) is 15.3 Å². The first-order valence-electron chi connectivity index (χ1n) is 4.11. The van der Waals surface area contributed by atoms with Crippen molar-refractivity contribution in [3.8, 4) is 0 Å². The summed E-state index contributed by atoms with van der Waals surface area (Å²) >= 11 is 0. The predicted molar refractivity (Wildman–Crippen MR) is 41.2 cm³/mol. The molecular weight excluding hydrogens is 158 g/mol. The van der Waals surface area contributed by atoms with Crippen LogP contribution in [0.25, 0.3) is 0 Å². The van der Waals surface area contributed by atoms with Crippen molar-refractivity contribution < 1.29 is 14.7 Å². The van der Waals surface area contributed by atoms with Gasteiger partial charge in [0.1, 0.15) is 0 Å². The van der Waals surface area contributed by atoms with E-state index in [1.54, 1.807) is 0 Å². The van der Waals surface area contributed by atoms with Crippen LogP contribution in [0, 0.1) is 11.8 Å². The van der Waals surface area contributed by atoms with Crippen LogP contribution in [-0.4, -0.2) is 17.0 Å². The van der Waals surface area contributed by atoms with E-state index < -0.39 is 23.7 Å². The van der Waals surface area contributed by atoms with E-state index in [9.17, 15) is 9.59 Å². The van der Waals surface area contributed by atoms with Gasteiger partial charge in [-0.2, -0.15) is 0 Å². The minimum atomic E-state index is -0.930. The van der Waals surface area contributed by atoms with Gasteiger partial charge < -0.3 is 5.11 Å². The zero-order valence-electron chi connectivity index (χ0n) is 6.75. The standard InChI is InChI=1S/C8H12NO3/c9-7(10)5-3-1-2-4-6(5)8(11)12/h5-6,9H,1-4H2,(H,11,12). The molecule has 4 nitrogen and oxygen atoms in total. The van der Waals surface area contributed by atoms with Gasteiger partial charge >= 0.3 is 5.97 Å². The first-order chi connectivity index (χ1) is 5.63. The smallest absolute Gasteiger partial charge is 0.307 e. The first kappa shape index (κ1) is 9.03. The summed E-state index contributed by atoms with van der Waals surface area (Å²) in [5.74, 6) is -2.82. The predicted octanol–water partition coefficient (Wildman–Crippen LogP) is 0.687. The Balaban J connectivity index is 2.67. The summed E-state index contributed by atoms with van der Waals surface area (Å²) < 4.78 is 0. The molecule has 1 fully saturated rings. The van der Waals surface area contributed by atoms with Gasteiger partial charge in [-0.25, -0.2) is 0 Å². The number of carbonyl (C=O) groups excluding carboxylic acids is 1. The molecule has 1 aliphatic rings. The van der Waals surface area contributed by atoms with Crippen LogP contribution in [0.15, 0.2) is 0 Å². The van der Waals surface area contributed by atoms with Crippen LogP contribution in [0.5, 0.6) is 0 Å². The van der Waals surface area contributed by atoms with Crippen molar-refractivity contribution in [1.82, 2.24) is 5.73 Å². The average Bonchev–Trinajstić information content (AvgIpc) is 2.04. The number of amides is 1. The van der Waals surface area contributed by atoms with Crippen molar-refractivity contribution in [2.45, 2.75) is 25.7 Å². The van der Waals surface area contributed by atoms with E-state index >= 15 is 0 Å². The largest absolute Gasteiger partial charge is 0.481 e. The number of carboxylic acid groups (broad SMARTS) is 1. The van der Waals surface area contributed by atoms with E-state index in [1.807, 2.05) is 0 Å². The van der Waals surface area contributed by atoms with Gasteiger partial charge in [-0.15, -0.1) is 0 Å². The number of aliphatic carboxylic acids is 1. The van der Waals surface area contributed by atoms with Crippen molar-refractivity contribution in [3.63, 3.8) is 0 Å². The lowest BCUT2D eigenvalue weighted by Crippen LogP contribution is -2.33. The zero-order valence-corrected chi connectivity index (χ0v) is 6.75. The number of rotatable bonds is 2. The van der Waals surface area contributed by atoms with Crippen LogP contribution in [-0.2, 0) is 9.59 Å². The minimum Gasteiger partial charge on any atom is -0.481 e. The van der Waals surface area contributed by atoms with E-state index in [1.165, 1.54) is 0 Å². The topological polar surface area (TPSA) is 78.2 Å². The molecule has 12 heavy (non-hydrogen) atoms. The van der Waals surface area contributed by atoms with E-state index in [0.29, 0.717) is 12.8 Å². The molecule has 1 aliphatic carbocycles. The Morgan fingerprint density at radius 3 is 2.00 bits per heavy atom. The lowest BCUT2D eigenvalue weighted by molar-refractivity contribution is -0.148. The summed E-state index contributed by atoms with van der Waals surface area (Å²) in [4.78, 5) is 21.4. The molecule has 4 heteroatoms. The molecule has 1 radical (unpaired) electrons. The molecule has 0 aromatic heterocycles. The normalized spacial score (nSPS) is 29.7. The van der Waals surface area contributed by atoms with E-state index in [2.05, 4.69) is 0 Å². The molecule has 0 bridgehead atoms. The number of carboxylic acids is 1. The molecular formula is C8H12NO3. The Kier molecular flexibility index (Phi) is 2.68. The summed E-state index contributed by atoms with van der Waals surface area (Å²) in [6.45, 7) is 0. The fourth-order valence-electron chi connectivity index (χ4n) is 1.74. The Morgan fingerprint density at radius 2 is 1.67 bits per heavy atom. The molecule has 0 aromatic rings. The maximum absolute atomic E-state index is 10.7. The second kappa shape index (κ2) is 3.56. The van der Waals surface area contributed by atoms with Gasteiger partial charge in [0.2, 0.25) is 5.91 Å². The molecule has 0 aromatic carbocycles. The molecule has 0 spiro atoms. The highest BCUT2D eigenvalue weighted by atomic mass is 16.4.